The fourth-order valence-electron chi connectivity index (χ4n) is 15.9. The number of halogens is 1. The van der Waals surface area contributed by atoms with Gasteiger partial charge in [0.2, 0.25) is 0 Å². The Labute approximate surface area is 773 Å². The smallest absolute Gasteiger partial charge is 0.151 e. The number of aromatic nitrogens is 15. The lowest BCUT2D eigenvalue weighted by molar-refractivity contribution is 0.625. The van der Waals surface area contributed by atoms with Crippen LogP contribution in [-0.2, 0) is 0 Å². The van der Waals surface area contributed by atoms with Crippen LogP contribution in [0.25, 0.3) is 166 Å². The van der Waals surface area contributed by atoms with Crippen molar-refractivity contribution >= 4 is 65.5 Å². The molecule has 17 nitrogen and oxygen atoms in total. The van der Waals surface area contributed by atoms with Crippen LogP contribution >= 0.6 is 0 Å². The van der Waals surface area contributed by atoms with Gasteiger partial charge >= 0.3 is 0 Å². The molecule has 10 heterocycles. The van der Waals surface area contributed by atoms with E-state index in [1.807, 2.05) is 136 Å². The van der Waals surface area contributed by atoms with Crippen molar-refractivity contribution in [2.24, 2.45) is 0 Å². The van der Waals surface area contributed by atoms with Gasteiger partial charge in [-0.2, -0.15) is 15.3 Å². The number of hydrogen-bond acceptors (Lipinski definition) is 17. The molecule has 10 aromatic heterocycles. The highest BCUT2D eigenvalue weighted by molar-refractivity contribution is 6.01. The van der Waals surface area contributed by atoms with Gasteiger partial charge in [-0.3, -0.25) is 24.9 Å². The fraction of sp³-hybridized carbons (Fsp3) is 0.167. The Kier molecular flexibility index (Phi) is 30.5. The summed E-state index contributed by atoms with van der Waals surface area (Å²) in [5, 5.41) is 57.1. The second kappa shape index (κ2) is 42.9. The molecule has 132 heavy (non-hydrogen) atoms. The minimum Gasteiger partial charge on any atom is -0.361 e. The van der Waals surface area contributed by atoms with Gasteiger partial charge in [0, 0.05) is 163 Å². The number of pyridine rings is 5. The third-order valence-electron chi connectivity index (χ3n) is 23.1. The van der Waals surface area contributed by atoms with Crippen molar-refractivity contribution in [1.82, 2.24) is 75.9 Å². The van der Waals surface area contributed by atoms with E-state index in [0.29, 0.717) is 29.0 Å². The van der Waals surface area contributed by atoms with E-state index in [4.69, 9.17) is 0 Å². The summed E-state index contributed by atoms with van der Waals surface area (Å²) < 4.78 is 14.5. The molecule has 0 bridgehead atoms. The lowest BCUT2D eigenvalue weighted by atomic mass is 9.95. The van der Waals surface area contributed by atoms with Crippen molar-refractivity contribution in [3.8, 4) is 112 Å². The van der Waals surface area contributed by atoms with Gasteiger partial charge in [-0.25, -0.2) is 4.39 Å². The summed E-state index contributed by atoms with van der Waals surface area (Å²) in [6.45, 7) is 0. The van der Waals surface area contributed by atoms with Gasteiger partial charge in [-0.1, -0.05) is 239 Å². The first-order valence-corrected chi connectivity index (χ1v) is 42.4. The molecule has 18 heteroatoms. The molecule has 3 aliphatic carbocycles. The Hall–Kier alpha value is -15.8. The van der Waals surface area contributed by atoms with Crippen LogP contribution in [0.1, 0.15) is 118 Å². The molecule has 3 saturated carbocycles. The van der Waals surface area contributed by atoms with Crippen LogP contribution < -0.4 is 9.80 Å². The van der Waals surface area contributed by atoms with E-state index in [9.17, 15) is 4.39 Å². The van der Waals surface area contributed by atoms with Crippen LogP contribution in [0.4, 0.5) is 16.0 Å². The predicted octanol–water partition coefficient (Wildman–Crippen LogP) is 28.5. The molecule has 3 fully saturated rings. The zero-order valence-corrected chi connectivity index (χ0v) is 70.0. The molecule has 658 valence electrons. The first kappa shape index (κ1) is 93.8. The molecule has 0 spiro atoms. The molecule has 0 N–H and O–H groups in total. The van der Waals surface area contributed by atoms with Gasteiger partial charge in [0.15, 0.2) is 11.6 Å². The lowest BCUT2D eigenvalue weighted by Crippen LogP contribution is -2.12. The molecule has 23 rings (SSSR count). The van der Waals surface area contributed by atoms with E-state index < -0.39 is 0 Å². The maximum atomic E-state index is 14.5. The summed E-state index contributed by atoms with van der Waals surface area (Å²) in [6.07, 6.45) is 24.5. The summed E-state index contributed by atoms with van der Waals surface area (Å²) in [6, 6.07) is 102. The first-order chi connectivity index (χ1) is 62.0. The van der Waals surface area contributed by atoms with Crippen molar-refractivity contribution in [2.75, 3.05) is 38.0 Å². The zero-order valence-electron chi connectivity index (χ0n) is 70.0. The van der Waals surface area contributed by atoms with E-state index in [0.717, 1.165) is 153 Å². The number of rotatable bonds is 15. The van der Waals surface area contributed by atoms with E-state index >= 15 is 0 Å². The van der Waals surface area contributed by atoms with Gasteiger partial charge < -0.3 is 9.80 Å². The molecular weight excluding hydrogens is 1630 g/mol. The average molecular weight is 1740 g/mol. The molecule has 20 aromatic rings. The monoisotopic (exact) mass is 1740 g/mol. The standard InChI is InChI=1S/C22H16FN3.2C22H17N3.2C21H18N4.6CH4/c23-20-13-24-10-9-18(20)19-12-21(15-6-7-15)25-26-22(19)17-8-5-14-3-1-2-4-16(14)11-17;1-2-6-18-15(4-1)5-3-7-19(18)22-20(16-10-12-23-13-11-16)14-21(24-25-22)17-8-9-17;1-2-4-18-13-19(8-5-15(18)3-1)22-20(16-9-11-23-12-10-16)14-21(24-25-22)17-6-7-17;1-25(2)20-14-19(16-10-12-22-13-11-16)21(24-23-20)18-9-5-7-15-6-3-4-8-17(15)18;1-25(2)20-14-19(16-9-11-22-12-10-16)21(24-23-20)18-8-7-15-5-3-4-6-17(15)13-18;;;;;;/h1-5,8-13,15H,6-7H2;1-7,10-14,17H,8-9H2;1-5,8-14,17H,6-7H2;2*3-14H,1-2H3;6*1H4. The third-order valence-corrected chi connectivity index (χ3v) is 23.1. The van der Waals surface area contributed by atoms with Gasteiger partial charge in [0.1, 0.15) is 34.3 Å². The summed E-state index contributed by atoms with van der Waals surface area (Å²) in [5.74, 6) is 2.93. The van der Waals surface area contributed by atoms with Crippen LogP contribution in [0.3, 0.4) is 0 Å². The van der Waals surface area contributed by atoms with Crippen LogP contribution in [0.5, 0.6) is 0 Å². The van der Waals surface area contributed by atoms with Crippen LogP contribution in [0, 0.1) is 5.82 Å². The third kappa shape index (κ3) is 21.1. The number of anilines is 2. The molecule has 0 aliphatic heterocycles. The van der Waals surface area contributed by atoms with Gasteiger partial charge in [-0.15, -0.1) is 35.7 Å². The largest absolute Gasteiger partial charge is 0.361 e. The summed E-state index contributed by atoms with van der Waals surface area (Å²) in [4.78, 5) is 24.4. The maximum absolute atomic E-state index is 14.5. The zero-order chi connectivity index (χ0) is 85.2. The minimum atomic E-state index is -0.343. The summed E-state index contributed by atoms with van der Waals surface area (Å²) >= 11 is 0. The van der Waals surface area contributed by atoms with E-state index in [1.165, 1.54) is 75.0 Å². The Bertz CT molecular complexity index is 6950. The molecule has 0 unspecified atom stereocenters. The van der Waals surface area contributed by atoms with Gasteiger partial charge in [0.05, 0.1) is 23.3 Å². The highest BCUT2D eigenvalue weighted by Crippen LogP contribution is 2.46. The Morgan fingerprint density at radius 2 is 0.500 bits per heavy atom. The Balaban J connectivity index is 0.000000139. The molecule has 0 atom stereocenters. The minimum absolute atomic E-state index is 0. The number of benzene rings is 10. The molecule has 3 aliphatic rings. The SMILES string of the molecule is C.C.C.C.C.C.CN(C)c1cc(-c2ccncc2)c(-c2ccc3ccccc3c2)nn1.CN(C)c1cc(-c2ccncc2)c(-c2cccc3ccccc23)nn1.Fc1cnccc1-c1cc(C2CC2)nnc1-c1ccc2ccccc2c1.c1ccc2c(-c3nnc(C4CC4)cc3-c3ccncc3)cccc2c1.c1ccc2cc(-c3nnc(C4CC4)cc3-c3ccncc3)ccc2c1. The van der Waals surface area contributed by atoms with Crippen molar-refractivity contribution < 1.29 is 4.39 Å². The van der Waals surface area contributed by atoms with Crippen LogP contribution in [0.2, 0.25) is 0 Å². The molecule has 0 saturated heterocycles. The van der Waals surface area contributed by atoms with E-state index in [2.05, 4.69) is 294 Å². The van der Waals surface area contributed by atoms with Crippen molar-refractivity contribution in [3.05, 3.63) is 382 Å². The Morgan fingerprint density at radius 3 is 0.856 bits per heavy atom. The molecule has 10 aromatic carbocycles. The number of fused-ring (bicyclic) bond motifs is 5. The van der Waals surface area contributed by atoms with E-state index in [1.54, 1.807) is 37.1 Å². The highest BCUT2D eigenvalue weighted by Gasteiger charge is 2.30. The van der Waals surface area contributed by atoms with Crippen LogP contribution in [0.15, 0.2) is 359 Å². The summed E-state index contributed by atoms with van der Waals surface area (Å²) in [7, 11) is 7.88. The van der Waals surface area contributed by atoms with E-state index in [-0.39, 0.29) is 50.4 Å². The van der Waals surface area contributed by atoms with Crippen molar-refractivity contribution in [3.63, 3.8) is 0 Å². The second-order valence-corrected chi connectivity index (χ2v) is 32.2. The second-order valence-electron chi connectivity index (χ2n) is 32.2. The van der Waals surface area contributed by atoms with Crippen molar-refractivity contribution in [1.29, 1.82) is 0 Å². The topological polar surface area (TPSA) is 200 Å². The molecular formula is C114H110FN17. The maximum Gasteiger partial charge on any atom is 0.151 e. The average Bonchev–Trinajstić information content (AvgIpc) is 1.11. The molecule has 0 radical (unpaired) electrons. The highest BCUT2D eigenvalue weighted by atomic mass is 19.1. The fourth-order valence-corrected chi connectivity index (χ4v) is 15.9. The normalized spacial score (nSPS) is 12.1. The van der Waals surface area contributed by atoms with Crippen molar-refractivity contribution in [2.45, 2.75) is 101 Å². The lowest BCUT2D eigenvalue weighted by Gasteiger charge is -2.15. The summed E-state index contributed by atoms with van der Waals surface area (Å²) in [5.41, 5.74) is 22.9. The Morgan fingerprint density at radius 1 is 0.220 bits per heavy atom. The molecule has 0 amide bonds. The van der Waals surface area contributed by atoms with Crippen LogP contribution in [-0.4, -0.2) is 104 Å². The number of hydrogen-bond donors (Lipinski definition) is 0. The number of nitrogens with zero attached hydrogens (tertiary/aromatic N) is 17. The predicted molar refractivity (Wildman–Crippen MR) is 546 cm³/mol. The van der Waals surface area contributed by atoms with Gasteiger partial charge in [-0.05, 0) is 218 Å². The quantitative estimate of drug-likeness (QED) is 0.0937. The first-order valence-electron chi connectivity index (χ1n) is 42.4. The van der Waals surface area contributed by atoms with Gasteiger partial charge in [0.25, 0.3) is 0 Å².